The van der Waals surface area contributed by atoms with Crippen molar-refractivity contribution < 1.29 is 8.42 Å². The number of halogens is 2. The molecule has 2 aliphatic heterocycles. The van der Waals surface area contributed by atoms with Crippen molar-refractivity contribution in [2.45, 2.75) is 31.2 Å². The molecular formula is C28H29Cl2N5O2S2. The third-order valence-corrected chi connectivity index (χ3v) is 11.2. The fraction of sp³-hybridized carbons (Fsp3) is 0.357. The second kappa shape index (κ2) is 11.0. The number of benzene rings is 2. The van der Waals surface area contributed by atoms with Gasteiger partial charge < -0.3 is 4.90 Å². The molecule has 39 heavy (non-hydrogen) atoms. The average Bonchev–Trinajstić information content (AvgIpc) is 3.32. The molecule has 2 aromatic carbocycles. The normalized spacial score (nSPS) is 17.1. The van der Waals surface area contributed by atoms with Crippen molar-refractivity contribution in [2.24, 2.45) is 0 Å². The summed E-state index contributed by atoms with van der Waals surface area (Å²) in [6.07, 6.45) is 1.62. The number of hydrogen-bond acceptors (Lipinski definition) is 7. The average molecular weight is 603 g/mol. The molecule has 0 atom stereocenters. The van der Waals surface area contributed by atoms with Crippen LogP contribution in [0.4, 0.5) is 5.82 Å². The van der Waals surface area contributed by atoms with Crippen LogP contribution >= 0.6 is 34.5 Å². The first-order valence-corrected chi connectivity index (χ1v) is 16.1. The zero-order valence-corrected chi connectivity index (χ0v) is 24.8. The van der Waals surface area contributed by atoms with Crippen molar-refractivity contribution >= 4 is 60.6 Å². The largest absolute Gasteiger partial charge is 0.353 e. The van der Waals surface area contributed by atoms with E-state index in [1.807, 2.05) is 18.2 Å². The van der Waals surface area contributed by atoms with Gasteiger partial charge >= 0.3 is 0 Å². The fourth-order valence-corrected chi connectivity index (χ4v) is 8.82. The van der Waals surface area contributed by atoms with Crippen molar-refractivity contribution in [3.8, 4) is 0 Å². The van der Waals surface area contributed by atoms with E-state index in [2.05, 4.69) is 28.9 Å². The summed E-state index contributed by atoms with van der Waals surface area (Å²) in [7, 11) is -3.77. The van der Waals surface area contributed by atoms with Gasteiger partial charge in [0.05, 0.1) is 10.4 Å². The van der Waals surface area contributed by atoms with E-state index in [9.17, 15) is 8.42 Å². The topological polar surface area (TPSA) is 69.6 Å². The van der Waals surface area contributed by atoms with Crippen LogP contribution in [0.2, 0.25) is 10.0 Å². The Labute approximate surface area is 243 Å². The molecule has 0 radical (unpaired) electrons. The molecule has 0 unspecified atom stereocenters. The van der Waals surface area contributed by atoms with Crippen molar-refractivity contribution in [2.75, 3.05) is 44.2 Å². The molecule has 204 valence electrons. The summed E-state index contributed by atoms with van der Waals surface area (Å²) in [5.41, 5.74) is 2.51. The van der Waals surface area contributed by atoms with E-state index in [0.717, 1.165) is 53.5 Å². The van der Waals surface area contributed by atoms with Gasteiger partial charge in [-0.3, -0.25) is 4.90 Å². The third-order valence-electron chi connectivity index (χ3n) is 7.51. The van der Waals surface area contributed by atoms with Crippen LogP contribution in [0.1, 0.15) is 28.8 Å². The van der Waals surface area contributed by atoms with Gasteiger partial charge in [-0.15, -0.1) is 11.3 Å². The summed E-state index contributed by atoms with van der Waals surface area (Å²) in [5.74, 6) is 1.71. The Kier molecular flexibility index (Phi) is 7.56. The molecule has 0 aliphatic carbocycles. The summed E-state index contributed by atoms with van der Waals surface area (Å²) < 4.78 is 28.3. The number of sulfonamides is 1. The molecular weight excluding hydrogens is 573 g/mol. The standard InChI is InChI=1S/C28H29Cl2N5O2S2/c1-2-33-11-10-21-23(18-33)38-28-26(21)27(31-25(32-28)16-19-6-4-3-5-7-19)34-12-14-35(15-13-34)39(36,37)24-17-20(29)8-9-22(24)30/h3-9,17H,2,10-16,18H2,1H3. The van der Waals surface area contributed by atoms with E-state index in [0.29, 0.717) is 37.6 Å². The van der Waals surface area contributed by atoms with Crippen LogP contribution in [0.15, 0.2) is 53.4 Å². The van der Waals surface area contributed by atoms with Crippen molar-refractivity contribution in [3.63, 3.8) is 0 Å². The monoisotopic (exact) mass is 601 g/mol. The van der Waals surface area contributed by atoms with Crippen molar-refractivity contribution in [1.29, 1.82) is 0 Å². The maximum absolute atomic E-state index is 13.4. The Morgan fingerprint density at radius 1 is 0.974 bits per heavy atom. The molecule has 0 spiro atoms. The minimum atomic E-state index is -3.77. The SMILES string of the molecule is CCN1CCc2c(sc3nc(Cc4ccccc4)nc(N4CCN(S(=O)(=O)c5cc(Cl)ccc5Cl)CC4)c23)C1. The first-order chi connectivity index (χ1) is 18.8. The summed E-state index contributed by atoms with van der Waals surface area (Å²) in [4.78, 5) is 17.3. The van der Waals surface area contributed by atoms with Gasteiger partial charge in [-0.05, 0) is 42.3 Å². The van der Waals surface area contributed by atoms with Gasteiger partial charge in [-0.1, -0.05) is 60.5 Å². The second-order valence-corrected chi connectivity index (χ2v) is 13.7. The summed E-state index contributed by atoms with van der Waals surface area (Å²) in [6, 6.07) is 14.8. The Hall–Kier alpha value is -2.27. The van der Waals surface area contributed by atoms with Crippen LogP contribution < -0.4 is 4.90 Å². The molecule has 11 heteroatoms. The molecule has 7 nitrogen and oxygen atoms in total. The van der Waals surface area contributed by atoms with E-state index in [-0.39, 0.29) is 9.92 Å². The van der Waals surface area contributed by atoms with E-state index < -0.39 is 10.0 Å². The van der Waals surface area contributed by atoms with E-state index >= 15 is 0 Å². The lowest BCUT2D eigenvalue weighted by atomic mass is 10.0. The molecule has 4 aromatic rings. The van der Waals surface area contributed by atoms with E-state index in [4.69, 9.17) is 33.2 Å². The number of nitrogens with zero attached hydrogens (tertiary/aromatic N) is 5. The number of piperazine rings is 1. The number of fused-ring (bicyclic) bond motifs is 3. The van der Waals surface area contributed by atoms with Crippen LogP contribution in [-0.4, -0.2) is 66.9 Å². The lowest BCUT2D eigenvalue weighted by Crippen LogP contribution is -2.49. The number of rotatable bonds is 6. The lowest BCUT2D eigenvalue weighted by molar-refractivity contribution is 0.272. The number of aromatic nitrogens is 2. The predicted molar refractivity (Wildman–Crippen MR) is 159 cm³/mol. The van der Waals surface area contributed by atoms with Gasteiger partial charge in [0.2, 0.25) is 10.0 Å². The number of anilines is 1. The van der Waals surface area contributed by atoms with Crippen molar-refractivity contribution in [1.82, 2.24) is 19.2 Å². The van der Waals surface area contributed by atoms with Crippen molar-refractivity contribution in [3.05, 3.63) is 80.4 Å². The molecule has 1 fully saturated rings. The van der Waals surface area contributed by atoms with Gasteiger partial charge in [-0.2, -0.15) is 4.31 Å². The van der Waals surface area contributed by atoms with E-state index in [1.54, 1.807) is 17.4 Å². The van der Waals surface area contributed by atoms with Gasteiger partial charge in [0.15, 0.2) is 0 Å². The van der Waals surface area contributed by atoms with Gasteiger partial charge in [0.1, 0.15) is 21.4 Å². The van der Waals surface area contributed by atoms with Crippen LogP contribution in [0.5, 0.6) is 0 Å². The third kappa shape index (κ3) is 5.28. The van der Waals surface area contributed by atoms with Crippen LogP contribution in [0.3, 0.4) is 0 Å². The minimum absolute atomic E-state index is 0.0482. The van der Waals surface area contributed by atoms with Gasteiger partial charge in [-0.25, -0.2) is 18.4 Å². The highest BCUT2D eigenvalue weighted by molar-refractivity contribution is 7.89. The van der Waals surface area contributed by atoms with Crippen LogP contribution in [0.25, 0.3) is 10.2 Å². The Balaban J connectivity index is 1.33. The summed E-state index contributed by atoms with van der Waals surface area (Å²) >= 11 is 14.1. The number of hydrogen-bond donors (Lipinski definition) is 0. The minimum Gasteiger partial charge on any atom is -0.353 e. The fourth-order valence-electron chi connectivity index (χ4n) is 5.38. The zero-order valence-electron chi connectivity index (χ0n) is 21.6. The molecule has 0 amide bonds. The quantitative estimate of drug-likeness (QED) is 0.291. The number of likely N-dealkylation sites (N-methyl/N-ethyl adjacent to an activating group) is 1. The molecule has 0 saturated carbocycles. The molecule has 4 heterocycles. The highest BCUT2D eigenvalue weighted by Gasteiger charge is 2.33. The van der Waals surface area contributed by atoms with Crippen LogP contribution in [-0.2, 0) is 29.4 Å². The first-order valence-electron chi connectivity index (χ1n) is 13.1. The molecule has 2 aromatic heterocycles. The van der Waals surface area contributed by atoms with Crippen LogP contribution in [0, 0.1) is 0 Å². The molecule has 0 N–H and O–H groups in total. The highest BCUT2D eigenvalue weighted by atomic mass is 35.5. The lowest BCUT2D eigenvalue weighted by Gasteiger charge is -2.35. The summed E-state index contributed by atoms with van der Waals surface area (Å²) in [6.45, 7) is 6.91. The van der Waals surface area contributed by atoms with E-state index in [1.165, 1.54) is 26.9 Å². The number of thiophene rings is 1. The van der Waals surface area contributed by atoms with Gasteiger partial charge in [0, 0.05) is 55.6 Å². The highest BCUT2D eigenvalue weighted by Crippen LogP contribution is 2.39. The Bertz CT molecular complexity index is 1620. The zero-order chi connectivity index (χ0) is 27.1. The maximum atomic E-state index is 13.4. The second-order valence-electron chi connectivity index (χ2n) is 9.89. The molecule has 1 saturated heterocycles. The first kappa shape index (κ1) is 26.9. The Morgan fingerprint density at radius 2 is 1.74 bits per heavy atom. The van der Waals surface area contributed by atoms with Gasteiger partial charge in [0.25, 0.3) is 0 Å². The maximum Gasteiger partial charge on any atom is 0.244 e. The summed E-state index contributed by atoms with van der Waals surface area (Å²) in [5, 5.41) is 1.66. The molecule has 6 rings (SSSR count). The predicted octanol–water partition coefficient (Wildman–Crippen LogP) is 5.48. The smallest absolute Gasteiger partial charge is 0.244 e. The Morgan fingerprint density at radius 3 is 2.49 bits per heavy atom. The molecule has 0 bridgehead atoms. The molecule has 2 aliphatic rings.